The molecule has 0 radical (unpaired) electrons. The Labute approximate surface area is 151 Å². The van der Waals surface area contributed by atoms with Crippen LogP contribution < -0.4 is 9.47 Å². The summed E-state index contributed by atoms with van der Waals surface area (Å²) in [5.41, 5.74) is 2.16. The third kappa shape index (κ3) is 3.65. The zero-order valence-electron chi connectivity index (χ0n) is 14.5. The Hall–Kier alpha value is -2.05. The van der Waals surface area contributed by atoms with Crippen molar-refractivity contribution in [1.29, 1.82) is 0 Å². The van der Waals surface area contributed by atoms with E-state index in [2.05, 4.69) is 16.3 Å². The Morgan fingerprint density at radius 1 is 1.32 bits per heavy atom. The largest absolute Gasteiger partial charge is 0.493 e. The van der Waals surface area contributed by atoms with E-state index in [4.69, 9.17) is 9.47 Å². The second-order valence-corrected chi connectivity index (χ2v) is 6.99. The van der Waals surface area contributed by atoms with Crippen LogP contribution in [0.4, 0.5) is 0 Å². The van der Waals surface area contributed by atoms with Crippen molar-refractivity contribution < 1.29 is 19.4 Å². The predicted octanol–water partition coefficient (Wildman–Crippen LogP) is 3.65. The number of methoxy groups -OCH3 is 2. The number of carbonyl (C=O) groups is 1. The highest BCUT2D eigenvalue weighted by molar-refractivity contribution is 7.08. The smallest absolute Gasteiger partial charge is 0.307 e. The number of hydrogen-bond donors (Lipinski definition) is 1. The van der Waals surface area contributed by atoms with Gasteiger partial charge in [0.15, 0.2) is 11.5 Å². The van der Waals surface area contributed by atoms with Crippen molar-refractivity contribution in [3.63, 3.8) is 0 Å². The third-order valence-corrected chi connectivity index (χ3v) is 5.46. The molecule has 0 bridgehead atoms. The number of ether oxygens (including phenoxy) is 2. The minimum atomic E-state index is -0.716. The van der Waals surface area contributed by atoms with Gasteiger partial charge in [-0.05, 0) is 47.8 Å². The van der Waals surface area contributed by atoms with Gasteiger partial charge in [-0.1, -0.05) is 12.1 Å². The highest BCUT2D eigenvalue weighted by Gasteiger charge is 2.33. The SMILES string of the molecule is COc1cccc(C(c2ccsc2)N2CCCC(C(=O)O)C2)c1OC. The van der Waals surface area contributed by atoms with Gasteiger partial charge >= 0.3 is 5.97 Å². The van der Waals surface area contributed by atoms with Crippen LogP contribution >= 0.6 is 11.3 Å². The minimum absolute atomic E-state index is 0.0431. The highest BCUT2D eigenvalue weighted by atomic mass is 32.1. The normalized spacial score (nSPS) is 19.4. The molecule has 2 aromatic rings. The Morgan fingerprint density at radius 2 is 2.16 bits per heavy atom. The molecule has 134 valence electrons. The number of para-hydroxylation sites is 1. The molecular weight excluding hydrogens is 338 g/mol. The molecule has 6 heteroatoms. The zero-order chi connectivity index (χ0) is 17.8. The Kier molecular flexibility index (Phi) is 5.60. The molecule has 1 N–H and O–H groups in total. The van der Waals surface area contributed by atoms with E-state index in [0.717, 1.165) is 30.5 Å². The zero-order valence-corrected chi connectivity index (χ0v) is 15.3. The molecule has 1 fully saturated rings. The number of carboxylic acids is 1. The highest BCUT2D eigenvalue weighted by Crippen LogP contribution is 2.41. The molecular formula is C19H23NO4S. The van der Waals surface area contributed by atoms with E-state index in [9.17, 15) is 9.90 Å². The van der Waals surface area contributed by atoms with Gasteiger partial charge in [0, 0.05) is 12.1 Å². The molecule has 1 saturated heterocycles. The Balaban J connectivity index is 2.04. The van der Waals surface area contributed by atoms with Gasteiger partial charge in [0.05, 0.1) is 26.2 Å². The fourth-order valence-corrected chi connectivity index (χ4v) is 4.27. The molecule has 25 heavy (non-hydrogen) atoms. The maximum atomic E-state index is 11.5. The van der Waals surface area contributed by atoms with Crippen LogP contribution in [0.5, 0.6) is 11.5 Å². The number of hydrogen-bond acceptors (Lipinski definition) is 5. The quantitative estimate of drug-likeness (QED) is 0.851. The lowest BCUT2D eigenvalue weighted by Gasteiger charge is -2.37. The van der Waals surface area contributed by atoms with Gasteiger partial charge in [-0.3, -0.25) is 9.69 Å². The van der Waals surface area contributed by atoms with Gasteiger partial charge in [-0.25, -0.2) is 0 Å². The van der Waals surface area contributed by atoms with E-state index in [-0.39, 0.29) is 12.0 Å². The topological polar surface area (TPSA) is 59.0 Å². The maximum absolute atomic E-state index is 11.5. The summed E-state index contributed by atoms with van der Waals surface area (Å²) in [4.78, 5) is 13.8. The van der Waals surface area contributed by atoms with Crippen molar-refractivity contribution in [3.8, 4) is 11.5 Å². The van der Waals surface area contributed by atoms with Crippen LogP contribution in [-0.4, -0.2) is 43.3 Å². The summed E-state index contributed by atoms with van der Waals surface area (Å²) in [5.74, 6) is 0.350. The van der Waals surface area contributed by atoms with E-state index in [1.165, 1.54) is 0 Å². The van der Waals surface area contributed by atoms with Crippen molar-refractivity contribution in [2.24, 2.45) is 5.92 Å². The van der Waals surface area contributed by atoms with Crippen LogP contribution in [0.3, 0.4) is 0 Å². The van der Waals surface area contributed by atoms with Gasteiger partial charge in [0.2, 0.25) is 0 Å². The minimum Gasteiger partial charge on any atom is -0.493 e. The fraction of sp³-hybridized carbons (Fsp3) is 0.421. The molecule has 1 aliphatic heterocycles. The summed E-state index contributed by atoms with van der Waals surface area (Å²) >= 11 is 1.64. The fourth-order valence-electron chi connectivity index (χ4n) is 3.59. The predicted molar refractivity (Wildman–Crippen MR) is 97.6 cm³/mol. The van der Waals surface area contributed by atoms with Crippen LogP contribution in [0.2, 0.25) is 0 Å². The van der Waals surface area contributed by atoms with Crippen molar-refractivity contribution in [2.45, 2.75) is 18.9 Å². The van der Waals surface area contributed by atoms with Gasteiger partial charge in [-0.2, -0.15) is 11.3 Å². The summed E-state index contributed by atoms with van der Waals surface area (Å²) in [6, 6.07) is 7.92. The van der Waals surface area contributed by atoms with Crippen molar-refractivity contribution in [2.75, 3.05) is 27.3 Å². The van der Waals surface area contributed by atoms with Gasteiger partial charge in [0.1, 0.15) is 0 Å². The number of likely N-dealkylation sites (tertiary alicyclic amines) is 1. The number of thiophene rings is 1. The Morgan fingerprint density at radius 3 is 2.80 bits per heavy atom. The number of benzene rings is 1. The van der Waals surface area contributed by atoms with Crippen molar-refractivity contribution in [3.05, 3.63) is 46.2 Å². The van der Waals surface area contributed by atoms with E-state index in [0.29, 0.717) is 18.0 Å². The first-order chi connectivity index (χ1) is 12.2. The number of piperidine rings is 1. The first-order valence-corrected chi connectivity index (χ1v) is 9.29. The standard InChI is InChI=1S/C19H23NO4S/c1-23-16-7-3-6-15(18(16)24-2)17(14-8-10-25-12-14)20-9-4-5-13(11-20)19(21)22/h3,6-8,10,12-13,17H,4-5,9,11H2,1-2H3,(H,21,22). The molecule has 2 atom stereocenters. The molecule has 3 rings (SSSR count). The molecule has 1 aliphatic rings. The van der Waals surface area contributed by atoms with Gasteiger partial charge < -0.3 is 14.6 Å². The maximum Gasteiger partial charge on any atom is 0.307 e. The van der Waals surface area contributed by atoms with Gasteiger partial charge in [-0.15, -0.1) is 0 Å². The molecule has 5 nitrogen and oxygen atoms in total. The molecule has 0 aliphatic carbocycles. The summed E-state index contributed by atoms with van der Waals surface area (Å²) < 4.78 is 11.1. The van der Waals surface area contributed by atoms with E-state index in [1.807, 2.05) is 23.6 Å². The van der Waals surface area contributed by atoms with Crippen LogP contribution in [0.15, 0.2) is 35.0 Å². The Bertz CT molecular complexity index is 716. The second-order valence-electron chi connectivity index (χ2n) is 6.21. The molecule has 2 heterocycles. The van der Waals surface area contributed by atoms with E-state index in [1.54, 1.807) is 25.6 Å². The van der Waals surface area contributed by atoms with Crippen LogP contribution in [0.1, 0.15) is 30.0 Å². The lowest BCUT2D eigenvalue weighted by atomic mass is 9.92. The van der Waals surface area contributed by atoms with E-state index < -0.39 is 5.97 Å². The monoisotopic (exact) mass is 361 g/mol. The summed E-state index contributed by atoms with van der Waals surface area (Å²) in [7, 11) is 3.27. The third-order valence-electron chi connectivity index (χ3n) is 4.75. The molecule has 1 aromatic carbocycles. The lowest BCUT2D eigenvalue weighted by molar-refractivity contribution is -0.143. The average Bonchev–Trinajstić information content (AvgIpc) is 3.16. The number of nitrogens with zero attached hydrogens (tertiary/aromatic N) is 1. The van der Waals surface area contributed by atoms with Crippen molar-refractivity contribution in [1.82, 2.24) is 4.90 Å². The number of aliphatic carboxylic acids is 1. The van der Waals surface area contributed by atoms with Crippen molar-refractivity contribution >= 4 is 17.3 Å². The van der Waals surface area contributed by atoms with Crippen LogP contribution in [0, 0.1) is 5.92 Å². The lowest BCUT2D eigenvalue weighted by Crippen LogP contribution is -2.41. The summed E-state index contributed by atoms with van der Waals surface area (Å²) in [5, 5.41) is 13.6. The molecule has 0 amide bonds. The first kappa shape index (κ1) is 17.8. The number of rotatable bonds is 6. The van der Waals surface area contributed by atoms with Gasteiger partial charge in [0.25, 0.3) is 0 Å². The van der Waals surface area contributed by atoms with Crippen LogP contribution in [0.25, 0.3) is 0 Å². The molecule has 1 aromatic heterocycles. The molecule has 0 spiro atoms. The summed E-state index contributed by atoms with van der Waals surface area (Å²) in [6.45, 7) is 1.40. The second kappa shape index (κ2) is 7.89. The molecule has 0 saturated carbocycles. The first-order valence-electron chi connectivity index (χ1n) is 8.35. The number of carboxylic acid groups (broad SMARTS) is 1. The van der Waals surface area contributed by atoms with E-state index >= 15 is 0 Å². The molecule has 2 unspecified atom stereocenters. The van der Waals surface area contributed by atoms with Crippen LogP contribution in [-0.2, 0) is 4.79 Å². The average molecular weight is 361 g/mol. The summed E-state index contributed by atoms with van der Waals surface area (Å²) in [6.07, 6.45) is 1.61.